The Morgan fingerprint density at radius 1 is 1.16 bits per heavy atom. The van der Waals surface area contributed by atoms with Crippen molar-refractivity contribution in [3.05, 3.63) is 52.1 Å². The molecule has 0 radical (unpaired) electrons. The van der Waals surface area contributed by atoms with Gasteiger partial charge in [0, 0.05) is 8.96 Å². The van der Waals surface area contributed by atoms with Gasteiger partial charge >= 0.3 is 0 Å². The molecule has 94 valence electrons. The van der Waals surface area contributed by atoms with Crippen LogP contribution in [0.1, 0.15) is 0 Å². The zero-order valence-electron chi connectivity index (χ0n) is 9.88. The highest BCUT2D eigenvalue weighted by molar-refractivity contribution is 14.1. The van der Waals surface area contributed by atoms with Crippen LogP contribution in [0.5, 0.6) is 0 Å². The smallest absolute Gasteiger partial charge is 0.212 e. The van der Waals surface area contributed by atoms with Gasteiger partial charge in [-0.3, -0.25) is 4.79 Å². The molecule has 0 bridgehead atoms. The molecule has 0 spiro atoms. The third-order valence-corrected chi connectivity index (χ3v) is 3.51. The average Bonchev–Trinajstić information content (AvgIpc) is 2.79. The lowest BCUT2D eigenvalue weighted by Gasteiger charge is -2.03. The van der Waals surface area contributed by atoms with Gasteiger partial charge in [0.05, 0.1) is 11.2 Å². The molecule has 3 rings (SSSR count). The van der Waals surface area contributed by atoms with E-state index in [-0.39, 0.29) is 0 Å². The topological polar surface area (TPSA) is 46.9 Å². The van der Waals surface area contributed by atoms with Crippen LogP contribution in [0.3, 0.4) is 0 Å². The SMILES string of the molecule is O=CNc1nn(-c2cccc(I)c2)c2ccccc12. The molecule has 1 amide bonds. The Balaban J connectivity index is 2.26. The number of nitrogens with one attached hydrogen (secondary N) is 1. The number of para-hydroxylation sites is 1. The molecule has 0 saturated heterocycles. The molecule has 3 aromatic rings. The molecule has 0 aliphatic carbocycles. The molecule has 0 atom stereocenters. The third-order valence-electron chi connectivity index (χ3n) is 2.84. The van der Waals surface area contributed by atoms with E-state index >= 15 is 0 Å². The minimum Gasteiger partial charge on any atom is -0.311 e. The fourth-order valence-corrected chi connectivity index (χ4v) is 2.56. The first-order valence-corrected chi connectivity index (χ1v) is 6.81. The summed E-state index contributed by atoms with van der Waals surface area (Å²) in [5.41, 5.74) is 1.94. The zero-order valence-corrected chi connectivity index (χ0v) is 12.0. The third kappa shape index (κ3) is 2.21. The number of aromatic nitrogens is 2. The molecular formula is C14H10IN3O. The van der Waals surface area contributed by atoms with Crippen LogP contribution >= 0.6 is 22.6 Å². The van der Waals surface area contributed by atoms with Crippen molar-refractivity contribution in [1.29, 1.82) is 0 Å². The number of amides is 1. The monoisotopic (exact) mass is 363 g/mol. The number of carbonyl (C=O) groups excluding carboxylic acids is 1. The average molecular weight is 363 g/mol. The van der Waals surface area contributed by atoms with Crippen LogP contribution in [-0.4, -0.2) is 16.2 Å². The number of nitrogens with zero attached hydrogens (tertiary/aromatic N) is 2. The quantitative estimate of drug-likeness (QED) is 0.574. The van der Waals surface area contributed by atoms with Crippen molar-refractivity contribution in [3.8, 4) is 5.69 Å². The highest BCUT2D eigenvalue weighted by Crippen LogP contribution is 2.25. The molecule has 0 saturated carbocycles. The first-order valence-electron chi connectivity index (χ1n) is 5.73. The van der Waals surface area contributed by atoms with Gasteiger partial charge in [-0.2, -0.15) is 0 Å². The van der Waals surface area contributed by atoms with E-state index in [1.165, 1.54) is 0 Å². The minimum atomic E-state index is 0.574. The molecule has 1 aromatic heterocycles. The van der Waals surface area contributed by atoms with E-state index in [0.717, 1.165) is 20.2 Å². The summed E-state index contributed by atoms with van der Waals surface area (Å²) in [4.78, 5) is 10.7. The normalized spacial score (nSPS) is 10.6. The van der Waals surface area contributed by atoms with Crippen LogP contribution in [0, 0.1) is 3.57 Å². The Bertz CT molecular complexity index is 751. The van der Waals surface area contributed by atoms with E-state index < -0.39 is 0 Å². The second-order valence-corrected chi connectivity index (χ2v) is 5.27. The van der Waals surface area contributed by atoms with Gasteiger partial charge in [0.1, 0.15) is 0 Å². The summed E-state index contributed by atoms with van der Waals surface area (Å²) < 4.78 is 2.98. The largest absolute Gasteiger partial charge is 0.311 e. The molecule has 1 N–H and O–H groups in total. The Kier molecular flexibility index (Phi) is 3.20. The van der Waals surface area contributed by atoms with E-state index in [1.54, 1.807) is 0 Å². The molecule has 19 heavy (non-hydrogen) atoms. The van der Waals surface area contributed by atoms with Gasteiger partial charge in [-0.25, -0.2) is 4.68 Å². The molecule has 0 aliphatic heterocycles. The number of fused-ring (bicyclic) bond motifs is 1. The second-order valence-electron chi connectivity index (χ2n) is 4.02. The fourth-order valence-electron chi connectivity index (χ4n) is 2.03. The number of carbonyl (C=O) groups is 1. The summed E-state index contributed by atoms with van der Waals surface area (Å²) >= 11 is 2.27. The molecule has 5 heteroatoms. The Labute approximate surface area is 123 Å². The van der Waals surface area contributed by atoms with Gasteiger partial charge in [0.2, 0.25) is 6.41 Å². The minimum absolute atomic E-state index is 0.574. The Morgan fingerprint density at radius 3 is 2.79 bits per heavy atom. The molecule has 0 aliphatic rings. The number of anilines is 1. The summed E-state index contributed by atoms with van der Waals surface area (Å²) in [6.45, 7) is 0. The van der Waals surface area contributed by atoms with Crippen molar-refractivity contribution < 1.29 is 4.79 Å². The highest BCUT2D eigenvalue weighted by Gasteiger charge is 2.10. The van der Waals surface area contributed by atoms with Crippen LogP contribution in [0.2, 0.25) is 0 Å². The first-order chi connectivity index (χ1) is 9.29. The van der Waals surface area contributed by atoms with E-state index in [2.05, 4.69) is 33.0 Å². The van der Waals surface area contributed by atoms with Crippen molar-refractivity contribution >= 4 is 45.7 Å². The maximum Gasteiger partial charge on any atom is 0.212 e. The maximum atomic E-state index is 10.7. The number of hydrogen-bond donors (Lipinski definition) is 1. The van der Waals surface area contributed by atoms with Gasteiger partial charge in [-0.1, -0.05) is 18.2 Å². The lowest BCUT2D eigenvalue weighted by Crippen LogP contribution is -1.99. The number of hydrogen-bond acceptors (Lipinski definition) is 2. The molecule has 0 fully saturated rings. The summed E-state index contributed by atoms with van der Waals surface area (Å²) in [5.74, 6) is 0.574. The van der Waals surface area contributed by atoms with Gasteiger partial charge < -0.3 is 5.32 Å². The fraction of sp³-hybridized carbons (Fsp3) is 0. The van der Waals surface area contributed by atoms with Crippen LogP contribution in [0.15, 0.2) is 48.5 Å². The van der Waals surface area contributed by atoms with E-state index in [0.29, 0.717) is 12.2 Å². The number of halogens is 1. The van der Waals surface area contributed by atoms with Gasteiger partial charge in [-0.15, -0.1) is 5.10 Å². The van der Waals surface area contributed by atoms with Crippen LogP contribution in [0.25, 0.3) is 16.6 Å². The first kappa shape index (κ1) is 12.2. The predicted octanol–water partition coefficient (Wildman–Crippen LogP) is 3.20. The van der Waals surface area contributed by atoms with E-state index in [1.807, 2.05) is 53.2 Å². The molecule has 0 unspecified atom stereocenters. The predicted molar refractivity (Wildman–Crippen MR) is 83.5 cm³/mol. The highest BCUT2D eigenvalue weighted by atomic mass is 127. The molecule has 2 aromatic carbocycles. The Hall–Kier alpha value is -1.89. The van der Waals surface area contributed by atoms with Crippen molar-refractivity contribution in [2.75, 3.05) is 5.32 Å². The summed E-state index contributed by atoms with van der Waals surface area (Å²) in [6.07, 6.45) is 0.647. The molecular weight excluding hydrogens is 353 g/mol. The standard InChI is InChI=1S/C14H10IN3O/c15-10-4-3-5-11(8-10)18-13-7-2-1-6-12(13)14(17-18)16-9-19/h1-9H,(H,16,17,19). The second kappa shape index (κ2) is 5.00. The summed E-state index contributed by atoms with van der Waals surface area (Å²) in [5, 5.41) is 8.03. The number of rotatable bonds is 3. The van der Waals surface area contributed by atoms with Crippen molar-refractivity contribution in [3.63, 3.8) is 0 Å². The number of benzene rings is 2. The van der Waals surface area contributed by atoms with Crippen LogP contribution in [-0.2, 0) is 4.79 Å². The lowest BCUT2D eigenvalue weighted by atomic mass is 10.2. The van der Waals surface area contributed by atoms with Gasteiger partial charge in [0.25, 0.3) is 0 Å². The summed E-state index contributed by atoms with van der Waals surface area (Å²) in [7, 11) is 0. The lowest BCUT2D eigenvalue weighted by molar-refractivity contribution is -0.105. The Morgan fingerprint density at radius 2 is 2.00 bits per heavy atom. The van der Waals surface area contributed by atoms with Crippen molar-refractivity contribution in [1.82, 2.24) is 9.78 Å². The summed E-state index contributed by atoms with van der Waals surface area (Å²) in [6, 6.07) is 15.9. The van der Waals surface area contributed by atoms with Crippen LogP contribution < -0.4 is 5.32 Å². The van der Waals surface area contributed by atoms with Crippen LogP contribution in [0.4, 0.5) is 5.82 Å². The molecule has 4 nitrogen and oxygen atoms in total. The van der Waals surface area contributed by atoms with E-state index in [4.69, 9.17) is 0 Å². The van der Waals surface area contributed by atoms with E-state index in [9.17, 15) is 4.79 Å². The van der Waals surface area contributed by atoms with Gasteiger partial charge in [-0.05, 0) is 52.9 Å². The van der Waals surface area contributed by atoms with Gasteiger partial charge in [0.15, 0.2) is 5.82 Å². The molecule has 1 heterocycles. The van der Waals surface area contributed by atoms with Crippen molar-refractivity contribution in [2.24, 2.45) is 0 Å². The zero-order chi connectivity index (χ0) is 13.2. The maximum absolute atomic E-state index is 10.7. The van der Waals surface area contributed by atoms with Crippen molar-refractivity contribution in [2.45, 2.75) is 0 Å².